The van der Waals surface area contributed by atoms with Crippen LogP contribution in [0.5, 0.6) is 11.5 Å². The average Bonchev–Trinajstić information content (AvgIpc) is 3.60. The van der Waals surface area contributed by atoms with Crippen LogP contribution in [0.15, 0.2) is 112 Å². The van der Waals surface area contributed by atoms with Crippen molar-refractivity contribution in [2.24, 2.45) is 0 Å². The lowest BCUT2D eigenvalue weighted by molar-refractivity contribution is 0.477. The second-order valence-corrected chi connectivity index (χ2v) is 8.83. The minimum atomic E-state index is 0.450. The maximum atomic E-state index is 6.22. The van der Waals surface area contributed by atoms with Crippen LogP contribution in [0, 0.1) is 0 Å². The summed E-state index contributed by atoms with van der Waals surface area (Å²) in [6, 6.07) is 29.3. The highest BCUT2D eigenvalue weighted by Crippen LogP contribution is 2.51. The zero-order chi connectivity index (χ0) is 25.1. The number of ether oxygens (including phenoxy) is 1. The van der Waals surface area contributed by atoms with Gasteiger partial charge in [0, 0.05) is 29.2 Å². The molecule has 0 spiro atoms. The number of nitrogens with zero attached hydrogens (tertiary/aromatic N) is 5. The van der Waals surface area contributed by atoms with Gasteiger partial charge in [0.15, 0.2) is 34.0 Å². The highest BCUT2D eigenvalue weighted by molar-refractivity contribution is 5.89. The van der Waals surface area contributed by atoms with E-state index < -0.39 is 0 Å². The number of aromatic nitrogens is 4. The van der Waals surface area contributed by atoms with Crippen LogP contribution in [0.4, 0.5) is 17.1 Å². The van der Waals surface area contributed by atoms with Gasteiger partial charge in [-0.2, -0.15) is 9.97 Å². The molecule has 5 heterocycles. The van der Waals surface area contributed by atoms with E-state index in [1.54, 1.807) is 12.4 Å². The Morgan fingerprint density at radius 2 is 1.08 bits per heavy atom. The topological polar surface area (TPSA) is 90.3 Å². The summed E-state index contributed by atoms with van der Waals surface area (Å²) >= 11 is 0. The second kappa shape index (κ2) is 8.01. The van der Waals surface area contributed by atoms with E-state index in [2.05, 4.69) is 24.8 Å². The Bertz CT molecular complexity index is 1790. The highest BCUT2D eigenvalue weighted by atomic mass is 16.5. The summed E-state index contributed by atoms with van der Waals surface area (Å²) in [5.74, 6) is 2.42. The molecule has 1 aliphatic heterocycles. The third kappa shape index (κ3) is 3.24. The Morgan fingerprint density at radius 3 is 1.61 bits per heavy atom. The van der Waals surface area contributed by atoms with Crippen LogP contribution in [0.1, 0.15) is 0 Å². The summed E-state index contributed by atoms with van der Waals surface area (Å²) in [5, 5.41) is 0. The number of rotatable bonds is 3. The first-order valence-electron chi connectivity index (χ1n) is 12.1. The Balaban J connectivity index is 1.39. The quantitative estimate of drug-likeness (QED) is 0.247. The van der Waals surface area contributed by atoms with Crippen molar-refractivity contribution in [2.45, 2.75) is 0 Å². The standard InChI is InChI=1S/C30H17N5O3/c1-3-9-23-21(7-1)35(22-8-2-4-10-24(22)36-23)20-16-18(29-33-27-25(37-29)11-5-13-31-27)15-19(17-20)30-34-28-26(38-30)12-6-14-32-28/h1-17H. The largest absolute Gasteiger partial charge is 0.453 e. The van der Waals surface area contributed by atoms with Crippen molar-refractivity contribution in [1.82, 2.24) is 19.9 Å². The minimum absolute atomic E-state index is 0.450. The zero-order valence-electron chi connectivity index (χ0n) is 19.8. The molecule has 8 nitrogen and oxygen atoms in total. The van der Waals surface area contributed by atoms with Gasteiger partial charge >= 0.3 is 0 Å². The van der Waals surface area contributed by atoms with E-state index in [-0.39, 0.29) is 0 Å². The van der Waals surface area contributed by atoms with Crippen LogP contribution in [0.3, 0.4) is 0 Å². The van der Waals surface area contributed by atoms with Crippen molar-refractivity contribution in [2.75, 3.05) is 4.90 Å². The summed E-state index contributed by atoms with van der Waals surface area (Å²) in [4.78, 5) is 20.1. The fourth-order valence-electron chi connectivity index (χ4n) is 4.75. The molecule has 0 unspecified atom stereocenters. The van der Waals surface area contributed by atoms with Crippen LogP contribution >= 0.6 is 0 Å². The second-order valence-electron chi connectivity index (χ2n) is 8.83. The maximum absolute atomic E-state index is 6.22. The van der Waals surface area contributed by atoms with Crippen LogP contribution in [0.25, 0.3) is 45.4 Å². The van der Waals surface area contributed by atoms with Gasteiger partial charge in [-0.1, -0.05) is 24.3 Å². The van der Waals surface area contributed by atoms with Crippen LogP contribution in [0.2, 0.25) is 0 Å². The molecular formula is C30H17N5O3. The fraction of sp³-hybridized carbons (Fsp3) is 0. The lowest BCUT2D eigenvalue weighted by Gasteiger charge is -2.33. The molecule has 0 saturated carbocycles. The van der Waals surface area contributed by atoms with Crippen molar-refractivity contribution < 1.29 is 13.6 Å². The van der Waals surface area contributed by atoms with Crippen molar-refractivity contribution in [3.63, 3.8) is 0 Å². The monoisotopic (exact) mass is 495 g/mol. The van der Waals surface area contributed by atoms with Crippen LogP contribution in [-0.4, -0.2) is 19.9 Å². The molecule has 0 fully saturated rings. The van der Waals surface area contributed by atoms with Gasteiger partial charge in [0.25, 0.3) is 0 Å². The number of anilines is 3. The molecule has 0 radical (unpaired) electrons. The van der Waals surface area contributed by atoms with E-state index >= 15 is 0 Å². The van der Waals surface area contributed by atoms with Gasteiger partial charge in [-0.05, 0) is 66.7 Å². The van der Waals surface area contributed by atoms with Crippen molar-refractivity contribution in [1.29, 1.82) is 0 Å². The normalized spacial score (nSPS) is 12.4. The molecule has 1 aliphatic rings. The van der Waals surface area contributed by atoms with E-state index in [1.165, 1.54) is 0 Å². The summed E-state index contributed by atoms with van der Waals surface area (Å²) in [6.45, 7) is 0. The number of para-hydroxylation sites is 4. The molecular weight excluding hydrogens is 478 g/mol. The van der Waals surface area contributed by atoms with Gasteiger partial charge in [0.2, 0.25) is 11.8 Å². The maximum Gasteiger partial charge on any atom is 0.228 e. The Morgan fingerprint density at radius 1 is 0.553 bits per heavy atom. The summed E-state index contributed by atoms with van der Waals surface area (Å²) in [6.07, 6.45) is 3.40. The summed E-state index contributed by atoms with van der Waals surface area (Å²) in [5.41, 5.74) is 6.52. The van der Waals surface area contributed by atoms with E-state index in [0.717, 1.165) is 39.7 Å². The smallest absolute Gasteiger partial charge is 0.228 e. The summed E-state index contributed by atoms with van der Waals surface area (Å²) < 4.78 is 18.4. The predicted molar refractivity (Wildman–Crippen MR) is 143 cm³/mol. The number of pyridine rings is 2. The molecule has 180 valence electrons. The molecule has 0 N–H and O–H groups in total. The lowest BCUT2D eigenvalue weighted by Crippen LogP contribution is -2.15. The Labute approximate surface area is 215 Å². The predicted octanol–water partition coefficient (Wildman–Crippen LogP) is 7.67. The van der Waals surface area contributed by atoms with Crippen molar-refractivity contribution in [3.8, 4) is 34.4 Å². The molecule has 0 saturated heterocycles. The molecule has 7 aromatic rings. The highest BCUT2D eigenvalue weighted by Gasteiger charge is 2.27. The third-order valence-electron chi connectivity index (χ3n) is 6.43. The van der Waals surface area contributed by atoms with E-state index in [1.807, 2.05) is 91.0 Å². The molecule has 8 heteroatoms. The van der Waals surface area contributed by atoms with E-state index in [0.29, 0.717) is 34.2 Å². The fourth-order valence-corrected chi connectivity index (χ4v) is 4.75. The van der Waals surface area contributed by atoms with Crippen LogP contribution < -0.4 is 9.64 Å². The van der Waals surface area contributed by atoms with Gasteiger partial charge < -0.3 is 18.5 Å². The molecule has 38 heavy (non-hydrogen) atoms. The van der Waals surface area contributed by atoms with Gasteiger partial charge in [0.1, 0.15) is 0 Å². The van der Waals surface area contributed by atoms with Crippen molar-refractivity contribution >= 4 is 39.5 Å². The molecule has 0 atom stereocenters. The molecule has 0 amide bonds. The van der Waals surface area contributed by atoms with Gasteiger partial charge in [0.05, 0.1) is 11.4 Å². The number of oxazole rings is 2. The minimum Gasteiger partial charge on any atom is -0.453 e. The molecule has 0 bridgehead atoms. The molecule has 4 aromatic heterocycles. The lowest BCUT2D eigenvalue weighted by atomic mass is 10.1. The number of benzene rings is 3. The van der Waals surface area contributed by atoms with Crippen molar-refractivity contribution in [3.05, 3.63) is 103 Å². The molecule has 0 aliphatic carbocycles. The zero-order valence-corrected chi connectivity index (χ0v) is 19.8. The van der Waals surface area contributed by atoms with Crippen LogP contribution in [-0.2, 0) is 0 Å². The first-order chi connectivity index (χ1) is 18.8. The van der Waals surface area contributed by atoms with E-state index in [9.17, 15) is 0 Å². The first kappa shape index (κ1) is 20.7. The Hall–Kier alpha value is -5.50. The number of hydrogen-bond donors (Lipinski definition) is 0. The SMILES string of the molecule is c1ccc2c(c1)Oc1ccccc1N2c1cc(-c2nc3ncccc3o2)cc(-c2nc3ncccc3o2)c1. The van der Waals surface area contributed by atoms with Gasteiger partial charge in [-0.3, -0.25) is 0 Å². The first-order valence-corrected chi connectivity index (χ1v) is 12.1. The van der Waals surface area contributed by atoms with Gasteiger partial charge in [-0.15, -0.1) is 0 Å². The Kier molecular flexibility index (Phi) is 4.35. The third-order valence-corrected chi connectivity index (χ3v) is 6.43. The number of hydrogen-bond acceptors (Lipinski definition) is 8. The van der Waals surface area contributed by atoms with E-state index in [4.69, 9.17) is 13.6 Å². The summed E-state index contributed by atoms with van der Waals surface area (Å²) in [7, 11) is 0. The molecule has 8 rings (SSSR count). The molecule has 3 aromatic carbocycles. The number of fused-ring (bicyclic) bond motifs is 4. The van der Waals surface area contributed by atoms with Gasteiger partial charge in [-0.25, -0.2) is 9.97 Å². The average molecular weight is 495 g/mol.